The van der Waals surface area contributed by atoms with Gasteiger partial charge in [-0.15, -0.1) is 30.6 Å². The first kappa shape index (κ1) is 19.0. The average Bonchev–Trinajstić information content (AvgIpc) is 2.32. The first-order valence-electron chi connectivity index (χ1n) is 6.06. The lowest BCUT2D eigenvalue weighted by Crippen LogP contribution is -2.41. The van der Waals surface area contributed by atoms with Gasteiger partial charge in [-0.3, -0.25) is 4.99 Å². The smallest absolute Gasteiger partial charge is 0.191 e. The zero-order valence-electron chi connectivity index (χ0n) is 11.3. The van der Waals surface area contributed by atoms with E-state index in [0.29, 0.717) is 0 Å². The van der Waals surface area contributed by atoms with Crippen molar-refractivity contribution in [2.45, 2.75) is 20.3 Å². The number of guanidine groups is 1. The molecule has 0 rings (SSSR count). The van der Waals surface area contributed by atoms with Gasteiger partial charge in [0.2, 0.25) is 0 Å². The van der Waals surface area contributed by atoms with E-state index in [0.717, 1.165) is 38.7 Å². The van der Waals surface area contributed by atoms with Crippen molar-refractivity contribution in [3.8, 4) is 0 Å². The summed E-state index contributed by atoms with van der Waals surface area (Å²) in [7, 11) is 1.78. The molecule has 0 radical (unpaired) electrons. The zero-order chi connectivity index (χ0) is 12.2. The SMILES string of the molecule is C=CCNC(=NC)NCCN(CC)CCC.I. The van der Waals surface area contributed by atoms with E-state index in [4.69, 9.17) is 0 Å². The van der Waals surface area contributed by atoms with Gasteiger partial charge in [-0.1, -0.05) is 19.9 Å². The van der Waals surface area contributed by atoms with E-state index in [1.807, 2.05) is 6.08 Å². The fourth-order valence-corrected chi connectivity index (χ4v) is 1.47. The Morgan fingerprint density at radius 2 is 2.00 bits per heavy atom. The molecule has 0 aromatic carbocycles. The first-order chi connectivity index (χ1) is 7.78. The van der Waals surface area contributed by atoms with E-state index in [1.165, 1.54) is 6.42 Å². The molecule has 0 aromatic rings. The minimum atomic E-state index is 0. The maximum atomic E-state index is 4.12. The van der Waals surface area contributed by atoms with Gasteiger partial charge in [0, 0.05) is 26.7 Å². The van der Waals surface area contributed by atoms with E-state index in [-0.39, 0.29) is 24.0 Å². The molecule has 0 aromatic heterocycles. The normalized spacial score (nSPS) is 10.9. The summed E-state index contributed by atoms with van der Waals surface area (Å²) in [5.74, 6) is 0.840. The lowest BCUT2D eigenvalue weighted by molar-refractivity contribution is 0.293. The topological polar surface area (TPSA) is 39.7 Å². The van der Waals surface area contributed by atoms with Crippen molar-refractivity contribution >= 4 is 29.9 Å². The second-order valence-electron chi connectivity index (χ2n) is 3.60. The van der Waals surface area contributed by atoms with Gasteiger partial charge in [0.1, 0.15) is 0 Å². The minimum Gasteiger partial charge on any atom is -0.355 e. The number of likely N-dealkylation sites (N-methyl/N-ethyl adjacent to an activating group) is 1. The summed E-state index contributed by atoms with van der Waals surface area (Å²) >= 11 is 0. The van der Waals surface area contributed by atoms with Gasteiger partial charge in [-0.05, 0) is 19.5 Å². The predicted octanol–water partition coefficient (Wildman–Crippen LogP) is 1.69. The third kappa shape index (κ3) is 10.6. The van der Waals surface area contributed by atoms with Gasteiger partial charge in [0.05, 0.1) is 0 Å². The minimum absolute atomic E-state index is 0. The van der Waals surface area contributed by atoms with Crippen molar-refractivity contribution in [3.05, 3.63) is 12.7 Å². The number of rotatable bonds is 8. The highest BCUT2D eigenvalue weighted by Crippen LogP contribution is 1.88. The van der Waals surface area contributed by atoms with Crippen LogP contribution in [0.5, 0.6) is 0 Å². The Bertz CT molecular complexity index is 207. The molecule has 0 aliphatic carbocycles. The highest BCUT2D eigenvalue weighted by molar-refractivity contribution is 14.0. The molecule has 0 unspecified atom stereocenters. The molecule has 0 bridgehead atoms. The fourth-order valence-electron chi connectivity index (χ4n) is 1.47. The van der Waals surface area contributed by atoms with Crippen LogP contribution in [-0.2, 0) is 0 Å². The van der Waals surface area contributed by atoms with Gasteiger partial charge in [-0.2, -0.15) is 0 Å². The number of aliphatic imine (C=N–C) groups is 1. The van der Waals surface area contributed by atoms with Crippen molar-refractivity contribution in [1.82, 2.24) is 15.5 Å². The van der Waals surface area contributed by atoms with Crippen LogP contribution in [0.1, 0.15) is 20.3 Å². The number of halogens is 1. The second-order valence-corrected chi connectivity index (χ2v) is 3.60. The summed E-state index contributed by atoms with van der Waals surface area (Å²) in [5, 5.41) is 6.42. The first-order valence-corrected chi connectivity index (χ1v) is 6.06. The van der Waals surface area contributed by atoms with Gasteiger partial charge < -0.3 is 15.5 Å². The summed E-state index contributed by atoms with van der Waals surface area (Å²) in [6.45, 7) is 13.1. The maximum Gasteiger partial charge on any atom is 0.191 e. The summed E-state index contributed by atoms with van der Waals surface area (Å²) in [5.41, 5.74) is 0. The van der Waals surface area contributed by atoms with Crippen molar-refractivity contribution in [3.63, 3.8) is 0 Å². The monoisotopic (exact) mass is 354 g/mol. The van der Waals surface area contributed by atoms with E-state index in [9.17, 15) is 0 Å². The molecule has 4 nitrogen and oxygen atoms in total. The average molecular weight is 354 g/mol. The summed E-state index contributed by atoms with van der Waals surface area (Å²) in [6.07, 6.45) is 3.03. The van der Waals surface area contributed by atoms with Crippen molar-refractivity contribution in [1.29, 1.82) is 0 Å². The molecule has 0 aliphatic rings. The molecular weight excluding hydrogens is 327 g/mol. The molecular formula is C12H27IN4. The standard InChI is InChI=1S/C12H26N4.HI/c1-5-8-14-12(13-4)15-9-11-16(7-3)10-6-2;/h5H,1,6-11H2,2-4H3,(H2,13,14,15);1H. The van der Waals surface area contributed by atoms with Crippen LogP contribution in [0, 0.1) is 0 Å². The highest BCUT2D eigenvalue weighted by atomic mass is 127. The third-order valence-electron chi connectivity index (χ3n) is 2.34. The Hall–Kier alpha value is -0.300. The molecule has 0 spiro atoms. The predicted molar refractivity (Wildman–Crippen MR) is 87.4 cm³/mol. The van der Waals surface area contributed by atoms with E-state index in [2.05, 4.69) is 41.0 Å². The molecule has 102 valence electrons. The summed E-state index contributed by atoms with van der Waals surface area (Å²) in [4.78, 5) is 6.55. The largest absolute Gasteiger partial charge is 0.355 e. The number of hydrogen-bond donors (Lipinski definition) is 2. The van der Waals surface area contributed by atoms with Crippen LogP contribution < -0.4 is 10.6 Å². The molecule has 0 atom stereocenters. The third-order valence-corrected chi connectivity index (χ3v) is 2.34. The number of nitrogens with one attached hydrogen (secondary N) is 2. The molecule has 5 heteroatoms. The van der Waals surface area contributed by atoms with Crippen molar-refractivity contribution < 1.29 is 0 Å². The van der Waals surface area contributed by atoms with Gasteiger partial charge in [0.25, 0.3) is 0 Å². The van der Waals surface area contributed by atoms with Crippen LogP contribution in [0.4, 0.5) is 0 Å². The fraction of sp³-hybridized carbons (Fsp3) is 0.750. The summed E-state index contributed by atoms with van der Waals surface area (Å²) in [6, 6.07) is 0. The Morgan fingerprint density at radius 1 is 1.29 bits per heavy atom. The molecule has 0 saturated heterocycles. The number of hydrogen-bond acceptors (Lipinski definition) is 2. The Labute approximate surface area is 123 Å². The van der Waals surface area contributed by atoms with Crippen LogP contribution in [0.15, 0.2) is 17.6 Å². The molecule has 17 heavy (non-hydrogen) atoms. The van der Waals surface area contributed by atoms with Crippen LogP contribution in [0.25, 0.3) is 0 Å². The van der Waals surface area contributed by atoms with Crippen LogP contribution in [-0.4, -0.2) is 50.6 Å². The maximum absolute atomic E-state index is 4.12. The lowest BCUT2D eigenvalue weighted by atomic mass is 10.4. The lowest BCUT2D eigenvalue weighted by Gasteiger charge is -2.20. The van der Waals surface area contributed by atoms with Crippen LogP contribution in [0.2, 0.25) is 0 Å². The molecule has 0 fully saturated rings. The van der Waals surface area contributed by atoms with Gasteiger partial charge in [-0.25, -0.2) is 0 Å². The highest BCUT2D eigenvalue weighted by Gasteiger charge is 2.00. The Kier molecular flexibility index (Phi) is 15.4. The molecule has 0 heterocycles. The zero-order valence-corrected chi connectivity index (χ0v) is 13.7. The van der Waals surface area contributed by atoms with Crippen LogP contribution in [0.3, 0.4) is 0 Å². The van der Waals surface area contributed by atoms with Crippen molar-refractivity contribution in [2.24, 2.45) is 4.99 Å². The van der Waals surface area contributed by atoms with Gasteiger partial charge >= 0.3 is 0 Å². The summed E-state index contributed by atoms with van der Waals surface area (Å²) < 4.78 is 0. The molecule has 0 saturated carbocycles. The van der Waals surface area contributed by atoms with Crippen LogP contribution >= 0.6 is 24.0 Å². The molecule has 0 amide bonds. The van der Waals surface area contributed by atoms with E-state index < -0.39 is 0 Å². The van der Waals surface area contributed by atoms with E-state index in [1.54, 1.807) is 7.05 Å². The quantitative estimate of drug-likeness (QED) is 0.302. The number of nitrogens with zero attached hydrogens (tertiary/aromatic N) is 2. The van der Waals surface area contributed by atoms with E-state index >= 15 is 0 Å². The molecule has 0 aliphatic heterocycles. The van der Waals surface area contributed by atoms with Gasteiger partial charge in [0.15, 0.2) is 5.96 Å². The Balaban J connectivity index is 0. The molecule has 2 N–H and O–H groups in total. The van der Waals surface area contributed by atoms with Crippen molar-refractivity contribution in [2.75, 3.05) is 39.8 Å². The second kappa shape index (κ2) is 13.8. The Morgan fingerprint density at radius 3 is 2.47 bits per heavy atom.